The van der Waals surface area contributed by atoms with Crippen LogP contribution in [0.4, 0.5) is 0 Å². The number of hydrogen-bond donors (Lipinski definition) is 0. The topological polar surface area (TPSA) is 9.23 Å². The van der Waals surface area contributed by atoms with E-state index in [0.29, 0.717) is 0 Å². The smallest absolute Gasteiger partial charge is 0.132 e. The molecule has 3 aliphatic carbocycles. The summed E-state index contributed by atoms with van der Waals surface area (Å²) in [6.07, 6.45) is 13.8. The molecule has 1 atom stereocenters. The Morgan fingerprint density at radius 2 is 1.61 bits per heavy atom. The lowest BCUT2D eigenvalue weighted by Crippen LogP contribution is -2.33. The zero-order valence-corrected chi connectivity index (χ0v) is 18.7. The van der Waals surface area contributed by atoms with Crippen molar-refractivity contribution in [1.29, 1.82) is 0 Å². The van der Waals surface area contributed by atoms with Gasteiger partial charge in [0.2, 0.25) is 0 Å². The summed E-state index contributed by atoms with van der Waals surface area (Å²) < 4.78 is 7.54. The molecule has 0 amide bonds. The lowest BCUT2D eigenvalue weighted by Gasteiger charge is -2.40. The highest BCUT2D eigenvalue weighted by Crippen LogP contribution is 2.63. The third kappa shape index (κ3) is 2.26. The monoisotopic (exact) mass is 464 g/mol. The fraction of sp³-hybridized carbons (Fsp3) is 0.172. The molecule has 0 aromatic heterocycles. The first-order valence-corrected chi connectivity index (χ1v) is 11.9. The SMILES string of the molecule is Brc1ccc2c(c1)C1(C3=C(CCC=C3)c3cc4c(cc31)CCC=C4)c1ccccc1O2. The minimum Gasteiger partial charge on any atom is -0.457 e. The predicted molar refractivity (Wildman–Crippen MR) is 130 cm³/mol. The van der Waals surface area contributed by atoms with Crippen molar-refractivity contribution in [3.05, 3.63) is 116 Å². The van der Waals surface area contributed by atoms with Crippen molar-refractivity contribution >= 4 is 27.6 Å². The molecule has 1 nitrogen and oxygen atoms in total. The van der Waals surface area contributed by atoms with Gasteiger partial charge >= 0.3 is 0 Å². The molecule has 4 aliphatic rings. The van der Waals surface area contributed by atoms with E-state index in [0.717, 1.165) is 41.7 Å². The molecule has 7 rings (SSSR count). The average Bonchev–Trinajstić information content (AvgIpc) is 3.09. The number of para-hydroxylation sites is 1. The molecule has 0 saturated heterocycles. The van der Waals surface area contributed by atoms with Crippen LogP contribution < -0.4 is 4.74 Å². The normalized spacial score (nSPS) is 21.8. The summed E-state index contributed by atoms with van der Waals surface area (Å²) in [4.78, 5) is 0. The van der Waals surface area contributed by atoms with Crippen molar-refractivity contribution in [2.75, 3.05) is 0 Å². The highest BCUT2D eigenvalue weighted by Gasteiger charge is 2.52. The van der Waals surface area contributed by atoms with Gasteiger partial charge in [-0.05, 0) is 89.4 Å². The first kappa shape index (κ1) is 17.8. The highest BCUT2D eigenvalue weighted by molar-refractivity contribution is 9.10. The summed E-state index contributed by atoms with van der Waals surface area (Å²) >= 11 is 3.75. The Hall–Kier alpha value is -2.84. The molecule has 1 unspecified atom stereocenters. The van der Waals surface area contributed by atoms with Gasteiger partial charge in [0.1, 0.15) is 11.5 Å². The minimum atomic E-state index is -0.328. The van der Waals surface area contributed by atoms with Gasteiger partial charge in [-0.1, -0.05) is 64.5 Å². The Bertz CT molecular complexity index is 1370. The van der Waals surface area contributed by atoms with E-state index in [1.165, 1.54) is 44.5 Å². The van der Waals surface area contributed by atoms with Gasteiger partial charge < -0.3 is 4.74 Å². The molecule has 0 fully saturated rings. The van der Waals surface area contributed by atoms with Crippen LogP contribution in [-0.2, 0) is 11.8 Å². The van der Waals surface area contributed by atoms with Gasteiger partial charge in [0, 0.05) is 15.6 Å². The van der Waals surface area contributed by atoms with Gasteiger partial charge in [0.15, 0.2) is 0 Å². The maximum atomic E-state index is 6.45. The van der Waals surface area contributed by atoms with Crippen LogP contribution in [0, 0.1) is 0 Å². The second-order valence-electron chi connectivity index (χ2n) is 8.86. The second kappa shape index (κ2) is 6.34. The van der Waals surface area contributed by atoms with Crippen molar-refractivity contribution in [3.63, 3.8) is 0 Å². The van der Waals surface area contributed by atoms with E-state index in [4.69, 9.17) is 4.74 Å². The maximum absolute atomic E-state index is 6.45. The van der Waals surface area contributed by atoms with E-state index < -0.39 is 0 Å². The molecule has 0 N–H and O–H groups in total. The Kier molecular flexibility index (Phi) is 3.64. The van der Waals surface area contributed by atoms with E-state index in [-0.39, 0.29) is 5.41 Å². The van der Waals surface area contributed by atoms with Crippen LogP contribution in [-0.4, -0.2) is 0 Å². The number of ether oxygens (including phenoxy) is 1. The molecule has 1 heterocycles. The molecule has 150 valence electrons. The molecule has 3 aromatic rings. The summed E-state index contributed by atoms with van der Waals surface area (Å²) in [7, 11) is 0. The van der Waals surface area contributed by atoms with Crippen LogP contribution in [0.5, 0.6) is 11.5 Å². The maximum Gasteiger partial charge on any atom is 0.132 e. The summed E-state index contributed by atoms with van der Waals surface area (Å²) in [6, 6.07) is 20.0. The van der Waals surface area contributed by atoms with Gasteiger partial charge in [0.05, 0.1) is 5.41 Å². The molecule has 31 heavy (non-hydrogen) atoms. The van der Waals surface area contributed by atoms with E-state index in [2.05, 4.69) is 94.8 Å². The molecule has 1 spiro atoms. The quantitative estimate of drug-likeness (QED) is 0.327. The summed E-state index contributed by atoms with van der Waals surface area (Å²) in [5.41, 5.74) is 10.8. The Morgan fingerprint density at radius 1 is 0.774 bits per heavy atom. The predicted octanol–water partition coefficient (Wildman–Crippen LogP) is 7.97. The molecular weight excluding hydrogens is 444 g/mol. The molecular formula is C29H21BrO. The number of fused-ring (bicyclic) bond motifs is 9. The zero-order valence-electron chi connectivity index (χ0n) is 17.1. The van der Waals surface area contributed by atoms with Crippen LogP contribution in [0.1, 0.15) is 52.6 Å². The van der Waals surface area contributed by atoms with Crippen molar-refractivity contribution in [2.24, 2.45) is 0 Å². The van der Waals surface area contributed by atoms with Crippen molar-refractivity contribution in [2.45, 2.75) is 31.1 Å². The second-order valence-corrected chi connectivity index (χ2v) is 9.78. The zero-order chi connectivity index (χ0) is 20.6. The third-order valence-corrected chi connectivity index (χ3v) is 7.81. The Balaban J connectivity index is 1.67. The van der Waals surface area contributed by atoms with Gasteiger partial charge in [0.25, 0.3) is 0 Å². The van der Waals surface area contributed by atoms with Crippen LogP contribution >= 0.6 is 15.9 Å². The summed E-state index contributed by atoms with van der Waals surface area (Å²) in [5.74, 6) is 1.92. The Morgan fingerprint density at radius 3 is 2.58 bits per heavy atom. The molecule has 0 radical (unpaired) electrons. The van der Waals surface area contributed by atoms with Gasteiger partial charge in [-0.15, -0.1) is 0 Å². The molecule has 2 heteroatoms. The lowest BCUT2D eigenvalue weighted by atomic mass is 9.64. The van der Waals surface area contributed by atoms with E-state index in [1.807, 2.05) is 0 Å². The highest BCUT2D eigenvalue weighted by atomic mass is 79.9. The fourth-order valence-corrected chi connectivity index (χ4v) is 6.44. The van der Waals surface area contributed by atoms with Crippen LogP contribution in [0.15, 0.2) is 82.9 Å². The van der Waals surface area contributed by atoms with Crippen LogP contribution in [0.25, 0.3) is 11.6 Å². The summed E-state index contributed by atoms with van der Waals surface area (Å²) in [5, 5.41) is 0. The molecule has 1 aliphatic heterocycles. The first-order valence-electron chi connectivity index (χ1n) is 11.1. The number of hydrogen-bond acceptors (Lipinski definition) is 1. The number of halogens is 1. The van der Waals surface area contributed by atoms with E-state index in [1.54, 1.807) is 0 Å². The summed E-state index contributed by atoms with van der Waals surface area (Å²) in [6.45, 7) is 0. The molecule has 0 bridgehead atoms. The fourth-order valence-electron chi connectivity index (χ4n) is 6.08. The third-order valence-electron chi connectivity index (χ3n) is 7.32. The van der Waals surface area contributed by atoms with E-state index in [9.17, 15) is 0 Å². The van der Waals surface area contributed by atoms with Gasteiger partial charge in [-0.25, -0.2) is 0 Å². The number of benzene rings is 3. The van der Waals surface area contributed by atoms with Gasteiger partial charge in [-0.2, -0.15) is 0 Å². The first-order chi connectivity index (χ1) is 15.3. The number of aryl methyl sites for hydroxylation is 1. The van der Waals surface area contributed by atoms with Crippen LogP contribution in [0.2, 0.25) is 0 Å². The van der Waals surface area contributed by atoms with Gasteiger partial charge in [-0.3, -0.25) is 0 Å². The molecule has 3 aromatic carbocycles. The minimum absolute atomic E-state index is 0.328. The lowest BCUT2D eigenvalue weighted by molar-refractivity contribution is 0.435. The van der Waals surface area contributed by atoms with Crippen LogP contribution in [0.3, 0.4) is 0 Å². The van der Waals surface area contributed by atoms with Crippen molar-refractivity contribution in [3.8, 4) is 11.5 Å². The van der Waals surface area contributed by atoms with Crippen molar-refractivity contribution in [1.82, 2.24) is 0 Å². The standard InChI is InChI=1S/C29H21BrO/c30-20-13-14-28-26(17-20)29(24-11-5-6-12-27(24)31-28)23-10-4-3-9-21(23)22-15-18-7-1-2-8-19(18)16-25(22)29/h1,4-7,10-17H,2-3,8-9H2. The van der Waals surface area contributed by atoms with E-state index >= 15 is 0 Å². The Labute approximate surface area is 190 Å². The average molecular weight is 465 g/mol. The largest absolute Gasteiger partial charge is 0.457 e. The molecule has 0 saturated carbocycles. The number of rotatable bonds is 0. The van der Waals surface area contributed by atoms with Crippen molar-refractivity contribution < 1.29 is 4.74 Å². The number of allylic oxidation sites excluding steroid dienone is 5.